The minimum atomic E-state index is -0.169. The fraction of sp³-hybridized carbons (Fsp3) is 0.500. The number of carbonyl (C=O) groups is 1. The summed E-state index contributed by atoms with van der Waals surface area (Å²) in [6.07, 6.45) is 8.79. The standard InChI is InChI=1S/C30H37NO2/c1-21-14-17-26(30(2,3)24-12-8-5-9-13-24)27(18-21)33-29(32)28-23-15-16-25(19-23)31(28)20-22-10-6-4-7-11-22/h4-13,15-16,21,23,25-28H,14,17-20H2,1-3H3/t21-,23-,25+,26-,27-,28-/m1/s1. The predicted molar refractivity (Wildman–Crippen MR) is 133 cm³/mol. The molecule has 1 aliphatic heterocycles. The Kier molecular flexibility index (Phi) is 6.18. The maximum absolute atomic E-state index is 13.7. The van der Waals surface area contributed by atoms with Crippen molar-refractivity contribution in [1.29, 1.82) is 0 Å². The average Bonchev–Trinajstić information content (AvgIpc) is 3.42. The minimum Gasteiger partial charge on any atom is -0.461 e. The third-order valence-electron chi connectivity index (χ3n) is 8.50. The molecule has 2 aromatic carbocycles. The Morgan fingerprint density at radius 1 is 0.970 bits per heavy atom. The van der Waals surface area contributed by atoms with E-state index in [0.29, 0.717) is 17.9 Å². The normalized spacial score (nSPS) is 31.6. The molecule has 3 nitrogen and oxygen atoms in total. The highest BCUT2D eigenvalue weighted by Gasteiger charge is 2.49. The Hall–Kier alpha value is -2.39. The van der Waals surface area contributed by atoms with E-state index < -0.39 is 0 Å². The molecule has 0 radical (unpaired) electrons. The van der Waals surface area contributed by atoms with Crippen molar-refractivity contribution in [1.82, 2.24) is 4.90 Å². The van der Waals surface area contributed by atoms with E-state index in [0.717, 1.165) is 25.8 Å². The quantitative estimate of drug-likeness (QED) is 0.397. The van der Waals surface area contributed by atoms with E-state index in [1.807, 2.05) is 6.07 Å². The number of likely N-dealkylation sites (tertiary alicyclic amines) is 1. The first-order valence-electron chi connectivity index (χ1n) is 12.7. The molecule has 33 heavy (non-hydrogen) atoms. The second-order valence-electron chi connectivity index (χ2n) is 11.0. The van der Waals surface area contributed by atoms with E-state index in [1.165, 1.54) is 17.5 Å². The van der Waals surface area contributed by atoms with Crippen LogP contribution in [0.5, 0.6) is 0 Å². The Balaban J connectivity index is 1.36. The van der Waals surface area contributed by atoms with Gasteiger partial charge < -0.3 is 4.74 Å². The lowest BCUT2D eigenvalue weighted by Gasteiger charge is -2.44. The molecule has 1 saturated heterocycles. The zero-order valence-electron chi connectivity index (χ0n) is 20.2. The van der Waals surface area contributed by atoms with Crippen LogP contribution in [-0.2, 0) is 21.5 Å². The molecule has 1 heterocycles. The Bertz CT molecular complexity index is 983. The maximum Gasteiger partial charge on any atom is 0.324 e. The van der Waals surface area contributed by atoms with E-state index in [1.54, 1.807) is 0 Å². The summed E-state index contributed by atoms with van der Waals surface area (Å²) in [4.78, 5) is 16.1. The van der Waals surface area contributed by atoms with Crippen molar-refractivity contribution in [3.63, 3.8) is 0 Å². The van der Waals surface area contributed by atoms with Crippen LogP contribution in [0, 0.1) is 17.8 Å². The molecule has 0 N–H and O–H groups in total. The third-order valence-corrected chi connectivity index (χ3v) is 8.50. The number of rotatable bonds is 6. The lowest BCUT2D eigenvalue weighted by molar-refractivity contribution is -0.163. The summed E-state index contributed by atoms with van der Waals surface area (Å²) in [5.41, 5.74) is 2.55. The molecule has 6 atom stereocenters. The first-order valence-corrected chi connectivity index (χ1v) is 12.7. The summed E-state index contributed by atoms with van der Waals surface area (Å²) in [5.74, 6) is 1.17. The summed E-state index contributed by atoms with van der Waals surface area (Å²) in [6, 6.07) is 21.4. The molecular weight excluding hydrogens is 406 g/mol. The van der Waals surface area contributed by atoms with Crippen molar-refractivity contribution >= 4 is 5.97 Å². The maximum atomic E-state index is 13.7. The summed E-state index contributed by atoms with van der Waals surface area (Å²) in [6.45, 7) is 7.75. The van der Waals surface area contributed by atoms with Crippen molar-refractivity contribution in [2.24, 2.45) is 17.8 Å². The lowest BCUT2D eigenvalue weighted by Crippen LogP contribution is -2.49. The van der Waals surface area contributed by atoms with Crippen LogP contribution in [0.1, 0.15) is 57.6 Å². The van der Waals surface area contributed by atoms with Gasteiger partial charge in [0.2, 0.25) is 0 Å². The Morgan fingerprint density at radius 2 is 1.67 bits per heavy atom. The SMILES string of the molecule is C[C@@H]1CC[C@@H](C(C)(C)c2ccccc2)[C@H](OC(=O)[C@H]2[C@@H]3C=C[C@@H](C3)N2Cc2ccccc2)C1. The van der Waals surface area contributed by atoms with Crippen LogP contribution in [-0.4, -0.2) is 29.1 Å². The van der Waals surface area contributed by atoms with Gasteiger partial charge in [0.25, 0.3) is 0 Å². The largest absolute Gasteiger partial charge is 0.461 e. The van der Waals surface area contributed by atoms with E-state index in [2.05, 4.69) is 92.4 Å². The number of benzene rings is 2. The summed E-state index contributed by atoms with van der Waals surface area (Å²) in [7, 11) is 0. The van der Waals surface area contributed by atoms with Crippen LogP contribution in [0.4, 0.5) is 0 Å². The first kappa shape index (κ1) is 22.4. The van der Waals surface area contributed by atoms with E-state index in [9.17, 15) is 4.79 Å². The van der Waals surface area contributed by atoms with Crippen molar-refractivity contribution in [3.05, 3.63) is 83.9 Å². The highest BCUT2D eigenvalue weighted by atomic mass is 16.5. The highest BCUT2D eigenvalue weighted by molar-refractivity contribution is 5.78. The Morgan fingerprint density at radius 3 is 2.39 bits per heavy atom. The molecule has 2 fully saturated rings. The first-order chi connectivity index (χ1) is 15.9. The van der Waals surface area contributed by atoms with Gasteiger partial charge in [0.1, 0.15) is 12.1 Å². The molecule has 0 amide bonds. The number of carbonyl (C=O) groups excluding carboxylic acids is 1. The second-order valence-corrected chi connectivity index (χ2v) is 11.0. The number of nitrogens with zero attached hydrogens (tertiary/aromatic N) is 1. The van der Waals surface area contributed by atoms with Gasteiger partial charge in [0.05, 0.1) is 0 Å². The second kappa shape index (κ2) is 9.10. The van der Waals surface area contributed by atoms with Gasteiger partial charge >= 0.3 is 5.97 Å². The zero-order valence-corrected chi connectivity index (χ0v) is 20.2. The van der Waals surface area contributed by atoms with E-state index in [-0.39, 0.29) is 29.4 Å². The monoisotopic (exact) mass is 443 g/mol. The number of ether oxygens (including phenoxy) is 1. The zero-order chi connectivity index (χ0) is 23.0. The molecule has 174 valence electrons. The smallest absolute Gasteiger partial charge is 0.324 e. The van der Waals surface area contributed by atoms with E-state index in [4.69, 9.17) is 4.74 Å². The van der Waals surface area contributed by atoms with E-state index >= 15 is 0 Å². The minimum absolute atomic E-state index is 0.0178. The van der Waals surface area contributed by atoms with Gasteiger partial charge in [-0.2, -0.15) is 0 Å². The molecule has 0 unspecified atom stereocenters. The molecule has 0 aromatic heterocycles. The topological polar surface area (TPSA) is 29.5 Å². The molecule has 2 aliphatic carbocycles. The summed E-state index contributed by atoms with van der Waals surface area (Å²) in [5, 5.41) is 0. The van der Waals surface area contributed by atoms with Crippen molar-refractivity contribution in [2.75, 3.05) is 0 Å². The third kappa shape index (κ3) is 4.40. The summed E-state index contributed by atoms with van der Waals surface area (Å²) < 4.78 is 6.47. The van der Waals surface area contributed by atoms with Crippen LogP contribution in [0.15, 0.2) is 72.8 Å². The molecule has 1 saturated carbocycles. The number of hydrogen-bond donors (Lipinski definition) is 0. The molecule has 3 heteroatoms. The average molecular weight is 444 g/mol. The molecule has 2 aromatic rings. The molecule has 2 bridgehead atoms. The predicted octanol–water partition coefficient (Wildman–Crippen LogP) is 6.14. The fourth-order valence-electron chi connectivity index (χ4n) is 6.54. The fourth-order valence-corrected chi connectivity index (χ4v) is 6.54. The summed E-state index contributed by atoms with van der Waals surface area (Å²) >= 11 is 0. The van der Waals surface area contributed by atoms with Crippen LogP contribution in [0.3, 0.4) is 0 Å². The van der Waals surface area contributed by atoms with Crippen molar-refractivity contribution < 1.29 is 9.53 Å². The number of hydrogen-bond acceptors (Lipinski definition) is 3. The molecular formula is C30H37NO2. The number of fused-ring (bicyclic) bond motifs is 2. The van der Waals surface area contributed by atoms with Gasteiger partial charge in [-0.05, 0) is 41.7 Å². The van der Waals surface area contributed by atoms with Crippen molar-refractivity contribution in [3.8, 4) is 0 Å². The van der Waals surface area contributed by atoms with Gasteiger partial charge in [-0.25, -0.2) is 0 Å². The molecule has 3 aliphatic rings. The van der Waals surface area contributed by atoms with Crippen LogP contribution < -0.4 is 0 Å². The van der Waals surface area contributed by atoms with Crippen molar-refractivity contribution in [2.45, 2.75) is 76.6 Å². The van der Waals surface area contributed by atoms with Gasteiger partial charge in [-0.1, -0.05) is 100 Å². The Labute approximate surface area is 198 Å². The van der Waals surface area contributed by atoms with Gasteiger partial charge in [-0.3, -0.25) is 9.69 Å². The van der Waals surface area contributed by atoms with Gasteiger partial charge in [-0.15, -0.1) is 0 Å². The van der Waals surface area contributed by atoms with Crippen LogP contribution >= 0.6 is 0 Å². The molecule has 0 spiro atoms. The number of esters is 1. The van der Waals surface area contributed by atoms with Gasteiger partial charge in [0, 0.05) is 24.4 Å². The van der Waals surface area contributed by atoms with Crippen LogP contribution in [0.2, 0.25) is 0 Å². The lowest BCUT2D eigenvalue weighted by atomic mass is 9.64. The highest BCUT2D eigenvalue weighted by Crippen LogP contribution is 2.45. The van der Waals surface area contributed by atoms with Crippen LogP contribution in [0.25, 0.3) is 0 Å². The van der Waals surface area contributed by atoms with Gasteiger partial charge in [0.15, 0.2) is 0 Å². The molecule has 5 rings (SSSR count).